The summed E-state index contributed by atoms with van der Waals surface area (Å²) in [5.41, 5.74) is 0.535. The number of benzene rings is 1. The van der Waals surface area contributed by atoms with E-state index in [1.54, 1.807) is 18.4 Å². The number of sulfonamides is 1. The highest BCUT2D eigenvalue weighted by Gasteiger charge is 2.20. The molecule has 0 saturated heterocycles. The average Bonchev–Trinajstić information content (AvgIpc) is 2.95. The molecule has 2 rings (SSSR count). The van der Waals surface area contributed by atoms with Crippen molar-refractivity contribution in [2.45, 2.75) is 11.8 Å². The van der Waals surface area contributed by atoms with Crippen molar-refractivity contribution < 1.29 is 17.2 Å². The number of likely N-dealkylation sites (N-methyl/N-ethyl adjacent to an activating group) is 1. The molecule has 0 spiro atoms. The van der Waals surface area contributed by atoms with Crippen molar-refractivity contribution in [2.24, 2.45) is 0 Å². The van der Waals surface area contributed by atoms with Crippen molar-refractivity contribution >= 4 is 10.0 Å². The molecule has 0 radical (unpaired) electrons. The fraction of sp³-hybridized carbons (Fsp3) is 0.333. The first kappa shape index (κ1) is 16.7. The van der Waals surface area contributed by atoms with Crippen LogP contribution in [0.5, 0.6) is 0 Å². The fourth-order valence-electron chi connectivity index (χ4n) is 2.08. The Hall–Kier alpha value is -1.70. The van der Waals surface area contributed by atoms with E-state index < -0.39 is 10.0 Å². The third kappa shape index (κ3) is 4.66. The number of rotatable bonds is 7. The average molecular weight is 326 g/mol. The summed E-state index contributed by atoms with van der Waals surface area (Å²) in [4.78, 5) is 1.87. The van der Waals surface area contributed by atoms with E-state index in [1.807, 2.05) is 19.0 Å². The van der Waals surface area contributed by atoms with Crippen molar-refractivity contribution in [2.75, 3.05) is 20.6 Å². The van der Waals surface area contributed by atoms with Crippen LogP contribution >= 0.6 is 0 Å². The minimum absolute atomic E-state index is 0.189. The second kappa shape index (κ2) is 7.04. The Labute approximate surface area is 129 Å². The van der Waals surface area contributed by atoms with Gasteiger partial charge in [0.25, 0.3) is 0 Å². The zero-order chi connectivity index (χ0) is 16.2. The number of furan rings is 1. The summed E-state index contributed by atoms with van der Waals surface area (Å²) < 4.78 is 45.0. The molecular formula is C15H19FN2O3S. The number of hydrogen-bond acceptors (Lipinski definition) is 4. The Morgan fingerprint density at radius 3 is 2.45 bits per heavy atom. The van der Waals surface area contributed by atoms with Gasteiger partial charge in [-0.05, 0) is 43.9 Å². The summed E-state index contributed by atoms with van der Waals surface area (Å²) in [7, 11) is 0.189. The lowest BCUT2D eigenvalue weighted by Crippen LogP contribution is -2.35. The van der Waals surface area contributed by atoms with Crippen LogP contribution in [0.4, 0.5) is 4.39 Å². The predicted octanol–water partition coefficient (Wildman–Crippen LogP) is 2.14. The summed E-state index contributed by atoms with van der Waals surface area (Å²) >= 11 is 0. The maximum absolute atomic E-state index is 12.8. The van der Waals surface area contributed by atoms with Crippen LogP contribution in [0.15, 0.2) is 47.1 Å². The molecular weight excluding hydrogens is 307 g/mol. The molecule has 0 bridgehead atoms. The van der Waals surface area contributed by atoms with Crippen LogP contribution in [0.2, 0.25) is 0 Å². The van der Waals surface area contributed by atoms with E-state index in [2.05, 4.69) is 4.72 Å². The van der Waals surface area contributed by atoms with Crippen molar-refractivity contribution in [3.05, 3.63) is 59.8 Å². The van der Waals surface area contributed by atoms with Gasteiger partial charge in [-0.3, -0.25) is 4.90 Å². The van der Waals surface area contributed by atoms with E-state index in [0.29, 0.717) is 11.3 Å². The minimum atomic E-state index is -3.51. The van der Waals surface area contributed by atoms with Gasteiger partial charge >= 0.3 is 0 Å². The summed E-state index contributed by atoms with van der Waals surface area (Å²) in [5.74, 6) is 0.111. The second-order valence-corrected chi connectivity index (χ2v) is 7.04. The molecule has 0 saturated carbocycles. The van der Waals surface area contributed by atoms with Crippen LogP contribution in [0.25, 0.3) is 0 Å². The van der Waals surface area contributed by atoms with Crippen LogP contribution < -0.4 is 4.72 Å². The molecule has 7 heteroatoms. The second-order valence-electron chi connectivity index (χ2n) is 5.23. The first-order valence-electron chi connectivity index (χ1n) is 6.79. The molecule has 1 N–H and O–H groups in total. The van der Waals surface area contributed by atoms with Crippen molar-refractivity contribution in [3.8, 4) is 0 Å². The summed E-state index contributed by atoms with van der Waals surface area (Å²) in [6, 6.07) is 8.79. The molecule has 0 aliphatic rings. The molecule has 1 aromatic carbocycles. The van der Waals surface area contributed by atoms with E-state index in [-0.39, 0.29) is 24.2 Å². The summed E-state index contributed by atoms with van der Waals surface area (Å²) in [6.07, 6.45) is 1.55. The van der Waals surface area contributed by atoms with Gasteiger partial charge in [-0.15, -0.1) is 0 Å². The van der Waals surface area contributed by atoms with Gasteiger partial charge in [0.2, 0.25) is 10.0 Å². The van der Waals surface area contributed by atoms with Crippen molar-refractivity contribution in [3.63, 3.8) is 0 Å². The highest BCUT2D eigenvalue weighted by Crippen LogP contribution is 2.18. The first-order valence-corrected chi connectivity index (χ1v) is 8.44. The third-order valence-electron chi connectivity index (χ3n) is 3.26. The van der Waals surface area contributed by atoms with Crippen LogP contribution in [-0.4, -0.2) is 34.0 Å². The molecule has 5 nitrogen and oxygen atoms in total. The van der Waals surface area contributed by atoms with Crippen molar-refractivity contribution in [1.29, 1.82) is 0 Å². The molecule has 1 unspecified atom stereocenters. The number of hydrogen-bond donors (Lipinski definition) is 1. The topological polar surface area (TPSA) is 62.6 Å². The van der Waals surface area contributed by atoms with Crippen LogP contribution in [-0.2, 0) is 15.8 Å². The Kier molecular flexibility index (Phi) is 5.33. The monoisotopic (exact) mass is 326 g/mol. The summed E-state index contributed by atoms with van der Waals surface area (Å²) in [5, 5.41) is 0. The highest BCUT2D eigenvalue weighted by atomic mass is 32.2. The van der Waals surface area contributed by atoms with Gasteiger partial charge in [-0.1, -0.05) is 12.1 Å². The minimum Gasteiger partial charge on any atom is -0.468 e. The highest BCUT2D eigenvalue weighted by molar-refractivity contribution is 7.88. The Morgan fingerprint density at radius 1 is 1.23 bits per heavy atom. The molecule has 0 fully saturated rings. The molecule has 0 aliphatic heterocycles. The lowest BCUT2D eigenvalue weighted by Gasteiger charge is -2.22. The standard InChI is InChI=1S/C15H19FN2O3S/c1-18(2)14(15-4-3-9-21-15)10-17-22(19,20)11-12-5-7-13(16)8-6-12/h3-9,14,17H,10-11H2,1-2H3. The zero-order valence-electron chi connectivity index (χ0n) is 12.5. The molecule has 1 heterocycles. The van der Waals surface area contributed by atoms with Gasteiger partial charge in [0.15, 0.2) is 0 Å². The Balaban J connectivity index is 2.00. The maximum Gasteiger partial charge on any atom is 0.215 e. The fourth-order valence-corrected chi connectivity index (χ4v) is 3.22. The first-order chi connectivity index (χ1) is 10.4. The number of nitrogens with zero attached hydrogens (tertiary/aromatic N) is 1. The third-order valence-corrected chi connectivity index (χ3v) is 4.58. The number of halogens is 1. The maximum atomic E-state index is 12.8. The van der Waals surface area contributed by atoms with E-state index in [0.717, 1.165) is 0 Å². The van der Waals surface area contributed by atoms with Gasteiger partial charge in [0.1, 0.15) is 11.6 Å². The van der Waals surface area contributed by atoms with Gasteiger partial charge in [-0.2, -0.15) is 0 Å². The SMILES string of the molecule is CN(C)C(CNS(=O)(=O)Cc1ccc(F)cc1)c1ccco1. The van der Waals surface area contributed by atoms with Crippen LogP contribution in [0, 0.1) is 5.82 Å². The molecule has 1 atom stereocenters. The molecule has 120 valence electrons. The normalized spacial score (nSPS) is 13.5. The van der Waals surface area contributed by atoms with E-state index in [9.17, 15) is 12.8 Å². The Morgan fingerprint density at radius 2 is 1.91 bits per heavy atom. The lowest BCUT2D eigenvalue weighted by atomic mass is 10.2. The van der Waals surface area contributed by atoms with Crippen molar-refractivity contribution in [1.82, 2.24) is 9.62 Å². The molecule has 0 amide bonds. The van der Waals surface area contributed by atoms with Crippen LogP contribution in [0.1, 0.15) is 17.4 Å². The molecule has 1 aromatic heterocycles. The van der Waals surface area contributed by atoms with Gasteiger partial charge < -0.3 is 4.42 Å². The number of nitrogens with one attached hydrogen (secondary N) is 1. The van der Waals surface area contributed by atoms with Gasteiger partial charge in [0.05, 0.1) is 18.1 Å². The zero-order valence-corrected chi connectivity index (χ0v) is 13.3. The van der Waals surface area contributed by atoms with E-state index in [1.165, 1.54) is 24.3 Å². The largest absolute Gasteiger partial charge is 0.468 e. The smallest absolute Gasteiger partial charge is 0.215 e. The lowest BCUT2D eigenvalue weighted by molar-refractivity contribution is 0.259. The molecule has 2 aromatic rings. The van der Waals surface area contributed by atoms with Gasteiger partial charge in [0, 0.05) is 6.54 Å². The quantitative estimate of drug-likeness (QED) is 0.847. The Bertz CT molecular complexity index is 682. The van der Waals surface area contributed by atoms with E-state index >= 15 is 0 Å². The molecule has 0 aliphatic carbocycles. The van der Waals surface area contributed by atoms with Gasteiger partial charge in [-0.25, -0.2) is 17.5 Å². The van der Waals surface area contributed by atoms with E-state index in [4.69, 9.17) is 4.42 Å². The molecule has 22 heavy (non-hydrogen) atoms. The van der Waals surface area contributed by atoms with Crippen LogP contribution in [0.3, 0.4) is 0 Å². The predicted molar refractivity (Wildman–Crippen MR) is 82.2 cm³/mol. The summed E-state index contributed by atoms with van der Waals surface area (Å²) in [6.45, 7) is 0.198.